The standard InChI is InChI=1S/C16H17F3N2O2/c1-4-13-20-10(3)14(23-13)15(22)21-9(2)11-7-5-6-8-12(11)16(17,18)19/h5-9H,4H2,1-3H3,(H,21,22). The van der Waals surface area contributed by atoms with Crippen LogP contribution in [0.25, 0.3) is 0 Å². The molecule has 0 fully saturated rings. The van der Waals surface area contributed by atoms with Gasteiger partial charge >= 0.3 is 6.18 Å². The van der Waals surface area contributed by atoms with Crippen LogP contribution in [0.1, 0.15) is 53.2 Å². The molecule has 0 saturated carbocycles. The number of alkyl halides is 3. The molecule has 1 unspecified atom stereocenters. The largest absolute Gasteiger partial charge is 0.435 e. The quantitative estimate of drug-likeness (QED) is 0.922. The Bertz CT molecular complexity index is 708. The molecule has 23 heavy (non-hydrogen) atoms. The van der Waals surface area contributed by atoms with Crippen molar-refractivity contribution in [2.24, 2.45) is 0 Å². The van der Waals surface area contributed by atoms with Crippen molar-refractivity contribution in [3.05, 3.63) is 52.7 Å². The van der Waals surface area contributed by atoms with Gasteiger partial charge in [0.2, 0.25) is 5.76 Å². The van der Waals surface area contributed by atoms with Gasteiger partial charge in [0.05, 0.1) is 17.3 Å². The van der Waals surface area contributed by atoms with Gasteiger partial charge < -0.3 is 9.73 Å². The van der Waals surface area contributed by atoms with Gasteiger partial charge in [-0.25, -0.2) is 4.98 Å². The summed E-state index contributed by atoms with van der Waals surface area (Å²) in [5.74, 6) is -0.145. The van der Waals surface area contributed by atoms with Gasteiger partial charge in [0, 0.05) is 6.42 Å². The number of amides is 1. The Morgan fingerprint density at radius 2 is 2.00 bits per heavy atom. The fourth-order valence-electron chi connectivity index (χ4n) is 2.29. The van der Waals surface area contributed by atoms with Crippen molar-refractivity contribution in [2.45, 2.75) is 39.4 Å². The summed E-state index contributed by atoms with van der Waals surface area (Å²) < 4.78 is 44.4. The van der Waals surface area contributed by atoms with Crippen LogP contribution < -0.4 is 5.32 Å². The number of carbonyl (C=O) groups excluding carboxylic acids is 1. The molecule has 1 aromatic carbocycles. The maximum absolute atomic E-state index is 13.0. The third-order valence-corrected chi connectivity index (χ3v) is 3.43. The van der Waals surface area contributed by atoms with Gasteiger partial charge in [-0.1, -0.05) is 25.1 Å². The number of oxazole rings is 1. The smallest absolute Gasteiger partial charge is 0.416 e. The zero-order valence-electron chi connectivity index (χ0n) is 13.0. The first-order valence-corrected chi connectivity index (χ1v) is 7.17. The molecular formula is C16H17F3N2O2. The van der Waals surface area contributed by atoms with Crippen molar-refractivity contribution in [3.8, 4) is 0 Å². The van der Waals surface area contributed by atoms with E-state index < -0.39 is 23.7 Å². The van der Waals surface area contributed by atoms with Crippen LogP contribution in [0.5, 0.6) is 0 Å². The molecule has 0 saturated heterocycles. The molecule has 4 nitrogen and oxygen atoms in total. The number of hydrogen-bond acceptors (Lipinski definition) is 3. The van der Waals surface area contributed by atoms with E-state index in [0.717, 1.165) is 6.07 Å². The fraction of sp³-hybridized carbons (Fsp3) is 0.375. The van der Waals surface area contributed by atoms with Crippen molar-refractivity contribution in [3.63, 3.8) is 0 Å². The first-order valence-electron chi connectivity index (χ1n) is 7.17. The molecule has 0 aliphatic rings. The number of aromatic nitrogens is 1. The van der Waals surface area contributed by atoms with Crippen molar-refractivity contribution in [1.29, 1.82) is 0 Å². The second-order valence-corrected chi connectivity index (χ2v) is 5.16. The van der Waals surface area contributed by atoms with E-state index in [4.69, 9.17) is 4.42 Å². The second-order valence-electron chi connectivity index (χ2n) is 5.16. The maximum atomic E-state index is 13.0. The molecule has 0 aliphatic heterocycles. The van der Waals surface area contributed by atoms with E-state index in [1.54, 1.807) is 6.92 Å². The molecule has 1 heterocycles. The average Bonchev–Trinajstić information content (AvgIpc) is 2.87. The van der Waals surface area contributed by atoms with E-state index in [1.807, 2.05) is 6.92 Å². The Labute approximate surface area is 131 Å². The third-order valence-electron chi connectivity index (χ3n) is 3.43. The van der Waals surface area contributed by atoms with Gasteiger partial charge in [-0.3, -0.25) is 4.79 Å². The lowest BCUT2D eigenvalue weighted by Crippen LogP contribution is -2.28. The third kappa shape index (κ3) is 3.72. The highest BCUT2D eigenvalue weighted by atomic mass is 19.4. The number of benzene rings is 1. The van der Waals surface area contributed by atoms with E-state index in [-0.39, 0.29) is 11.3 Å². The maximum Gasteiger partial charge on any atom is 0.416 e. The van der Waals surface area contributed by atoms with Crippen LogP contribution >= 0.6 is 0 Å². The molecule has 124 valence electrons. The summed E-state index contributed by atoms with van der Waals surface area (Å²) in [6.07, 6.45) is -3.95. The van der Waals surface area contributed by atoms with E-state index >= 15 is 0 Å². The summed E-state index contributed by atoms with van der Waals surface area (Å²) in [6, 6.07) is 4.33. The Morgan fingerprint density at radius 3 is 2.57 bits per heavy atom. The molecule has 2 aromatic rings. The summed E-state index contributed by atoms with van der Waals surface area (Å²) in [4.78, 5) is 16.3. The molecule has 7 heteroatoms. The molecular weight excluding hydrogens is 309 g/mol. The van der Waals surface area contributed by atoms with Gasteiger partial charge in [-0.15, -0.1) is 0 Å². The van der Waals surface area contributed by atoms with Gasteiger partial charge in [0.25, 0.3) is 5.91 Å². The number of hydrogen-bond donors (Lipinski definition) is 1. The van der Waals surface area contributed by atoms with Crippen molar-refractivity contribution in [1.82, 2.24) is 10.3 Å². The second kappa shape index (κ2) is 6.44. The van der Waals surface area contributed by atoms with Crippen LogP contribution in [-0.2, 0) is 12.6 Å². The lowest BCUT2D eigenvalue weighted by atomic mass is 10.0. The van der Waals surface area contributed by atoms with Gasteiger partial charge in [0.15, 0.2) is 5.89 Å². The molecule has 0 spiro atoms. The summed E-state index contributed by atoms with van der Waals surface area (Å²) >= 11 is 0. The molecule has 1 aromatic heterocycles. The Kier molecular flexibility index (Phi) is 4.77. The number of nitrogens with zero attached hydrogens (tertiary/aromatic N) is 1. The molecule has 2 rings (SSSR count). The molecule has 1 amide bonds. The number of carbonyl (C=O) groups is 1. The normalized spacial score (nSPS) is 13.0. The minimum absolute atomic E-state index is 0.00114. The summed E-state index contributed by atoms with van der Waals surface area (Å²) in [5.41, 5.74) is -0.353. The Balaban J connectivity index is 2.24. The average molecular weight is 326 g/mol. The highest BCUT2D eigenvalue weighted by molar-refractivity contribution is 5.92. The van der Waals surface area contributed by atoms with Gasteiger partial charge in [-0.2, -0.15) is 13.2 Å². The Morgan fingerprint density at radius 1 is 1.35 bits per heavy atom. The van der Waals surface area contributed by atoms with Crippen LogP contribution in [-0.4, -0.2) is 10.9 Å². The van der Waals surface area contributed by atoms with Crippen LogP contribution in [0, 0.1) is 6.92 Å². The van der Waals surface area contributed by atoms with Crippen LogP contribution in [0.4, 0.5) is 13.2 Å². The van der Waals surface area contributed by atoms with E-state index in [2.05, 4.69) is 10.3 Å². The molecule has 0 aliphatic carbocycles. The summed E-state index contributed by atoms with van der Waals surface area (Å²) in [5, 5.41) is 2.53. The molecule has 1 N–H and O–H groups in total. The molecule has 1 atom stereocenters. The fourth-order valence-corrected chi connectivity index (χ4v) is 2.29. The number of rotatable bonds is 4. The minimum atomic E-state index is -4.48. The zero-order chi connectivity index (χ0) is 17.2. The first kappa shape index (κ1) is 17.1. The lowest BCUT2D eigenvalue weighted by molar-refractivity contribution is -0.138. The predicted molar refractivity (Wildman–Crippen MR) is 77.9 cm³/mol. The van der Waals surface area contributed by atoms with Crippen LogP contribution in [0.15, 0.2) is 28.7 Å². The molecule has 0 radical (unpaired) electrons. The minimum Gasteiger partial charge on any atom is -0.435 e. The van der Waals surface area contributed by atoms with E-state index in [1.165, 1.54) is 25.1 Å². The lowest BCUT2D eigenvalue weighted by Gasteiger charge is -2.19. The summed E-state index contributed by atoms with van der Waals surface area (Å²) in [7, 11) is 0. The van der Waals surface area contributed by atoms with Gasteiger partial charge in [0.1, 0.15) is 0 Å². The van der Waals surface area contributed by atoms with Gasteiger partial charge in [-0.05, 0) is 25.5 Å². The predicted octanol–water partition coefficient (Wildman–Crippen LogP) is 4.06. The highest BCUT2D eigenvalue weighted by Gasteiger charge is 2.34. The van der Waals surface area contributed by atoms with Crippen molar-refractivity contribution >= 4 is 5.91 Å². The van der Waals surface area contributed by atoms with Crippen molar-refractivity contribution in [2.75, 3.05) is 0 Å². The number of halogens is 3. The first-order chi connectivity index (χ1) is 10.7. The monoisotopic (exact) mass is 326 g/mol. The number of aryl methyl sites for hydroxylation is 2. The topological polar surface area (TPSA) is 55.1 Å². The highest BCUT2D eigenvalue weighted by Crippen LogP contribution is 2.34. The zero-order valence-corrected chi connectivity index (χ0v) is 13.0. The van der Waals surface area contributed by atoms with E-state index in [9.17, 15) is 18.0 Å². The number of nitrogens with one attached hydrogen (secondary N) is 1. The van der Waals surface area contributed by atoms with Crippen LogP contribution in [0.2, 0.25) is 0 Å². The molecule has 0 bridgehead atoms. The van der Waals surface area contributed by atoms with Crippen LogP contribution in [0.3, 0.4) is 0 Å². The Hall–Kier alpha value is -2.31. The SMILES string of the molecule is CCc1nc(C)c(C(=O)NC(C)c2ccccc2C(F)(F)F)o1. The van der Waals surface area contributed by atoms with E-state index in [0.29, 0.717) is 18.0 Å². The summed E-state index contributed by atoms with van der Waals surface area (Å²) in [6.45, 7) is 4.94. The van der Waals surface area contributed by atoms with Crippen molar-refractivity contribution < 1.29 is 22.4 Å².